The normalized spacial score (nSPS) is 13.2. The van der Waals surface area contributed by atoms with Crippen molar-refractivity contribution < 1.29 is 43.0 Å². The van der Waals surface area contributed by atoms with Gasteiger partial charge < -0.3 is 45.8 Å². The van der Waals surface area contributed by atoms with Gasteiger partial charge in [-0.05, 0) is 68.9 Å². The van der Waals surface area contributed by atoms with E-state index >= 15 is 0 Å². The van der Waals surface area contributed by atoms with Gasteiger partial charge in [0.2, 0.25) is 11.8 Å². The van der Waals surface area contributed by atoms with Crippen molar-refractivity contribution in [3.63, 3.8) is 0 Å². The standard InChI is InChI=1S/C40H57N7O9/c1-24(2)31(45-37(52)56-39(3,4)5)34(49)44-29(15-13-21-42-36(41)51)33(48)43-26-19-17-25(18-20-26)23-55-38(53)47(9)32(35(50)54-10)40(6,7)28-22-46(8)30-16-12-11-14-27(28)30/h11-12,14,16-20,22,24,29,31-32H,13,15,21,23H2,1-10H3,(H,43,48)(H,44,49)(H,45,52)(H3,41,42,51)/t29-,31-,32+/m0/s1. The molecule has 0 spiro atoms. The van der Waals surface area contributed by atoms with Crippen molar-refractivity contribution >= 4 is 52.6 Å². The van der Waals surface area contributed by atoms with Crippen molar-refractivity contribution in [2.24, 2.45) is 18.7 Å². The molecule has 2 aromatic carbocycles. The molecular formula is C40H57N7O9. The number of methoxy groups -OCH3 is 1. The molecule has 16 heteroatoms. The Bertz CT molecular complexity index is 1870. The summed E-state index contributed by atoms with van der Waals surface area (Å²) in [6.45, 7) is 12.4. The van der Waals surface area contributed by atoms with Crippen LogP contribution in [0.3, 0.4) is 0 Å². The molecule has 0 aliphatic carbocycles. The quantitative estimate of drug-likeness (QED) is 0.0775. The molecule has 306 valence electrons. The first-order chi connectivity index (χ1) is 26.2. The number of hydrogen-bond donors (Lipinski definition) is 5. The van der Waals surface area contributed by atoms with E-state index in [1.807, 2.05) is 55.9 Å². The highest BCUT2D eigenvalue weighted by Crippen LogP contribution is 2.37. The van der Waals surface area contributed by atoms with Crippen molar-refractivity contribution in [1.29, 1.82) is 0 Å². The molecular weight excluding hydrogens is 722 g/mol. The van der Waals surface area contributed by atoms with Gasteiger partial charge in [0.15, 0.2) is 0 Å². The Balaban J connectivity index is 1.70. The van der Waals surface area contributed by atoms with E-state index in [0.717, 1.165) is 16.5 Å². The fourth-order valence-corrected chi connectivity index (χ4v) is 6.33. The first-order valence-electron chi connectivity index (χ1n) is 18.4. The van der Waals surface area contributed by atoms with Gasteiger partial charge in [0.25, 0.3) is 0 Å². The van der Waals surface area contributed by atoms with E-state index in [0.29, 0.717) is 17.7 Å². The lowest BCUT2D eigenvalue weighted by atomic mass is 9.77. The molecule has 16 nitrogen and oxygen atoms in total. The summed E-state index contributed by atoms with van der Waals surface area (Å²) in [5.74, 6) is -2.07. The zero-order valence-electron chi connectivity index (χ0n) is 34.0. The Hall–Kier alpha value is -5.80. The summed E-state index contributed by atoms with van der Waals surface area (Å²) >= 11 is 0. The van der Waals surface area contributed by atoms with Crippen molar-refractivity contribution in [3.8, 4) is 0 Å². The summed E-state index contributed by atoms with van der Waals surface area (Å²) in [5.41, 5.74) is 6.35. The van der Waals surface area contributed by atoms with Crippen LogP contribution in [-0.2, 0) is 47.7 Å². The number of nitrogens with one attached hydrogen (secondary N) is 4. The molecule has 56 heavy (non-hydrogen) atoms. The third-order valence-electron chi connectivity index (χ3n) is 9.18. The number of primary amides is 1. The average Bonchev–Trinajstić information content (AvgIpc) is 3.47. The molecule has 0 aliphatic rings. The summed E-state index contributed by atoms with van der Waals surface area (Å²) in [7, 11) is 4.69. The number of benzene rings is 2. The molecule has 6 amide bonds. The maximum Gasteiger partial charge on any atom is 0.410 e. The highest BCUT2D eigenvalue weighted by Gasteiger charge is 2.44. The molecule has 0 saturated heterocycles. The number of urea groups is 1. The number of nitrogens with two attached hydrogens (primary N) is 1. The second-order valence-corrected chi connectivity index (χ2v) is 15.5. The van der Waals surface area contributed by atoms with Crippen LogP contribution < -0.4 is 27.0 Å². The average molecular weight is 780 g/mol. The second-order valence-electron chi connectivity index (χ2n) is 15.5. The van der Waals surface area contributed by atoms with Crippen LogP contribution in [0.25, 0.3) is 10.9 Å². The minimum atomic E-state index is -1.05. The van der Waals surface area contributed by atoms with Gasteiger partial charge in [0, 0.05) is 48.8 Å². The Labute approximate surface area is 328 Å². The van der Waals surface area contributed by atoms with Crippen LogP contribution in [0.1, 0.15) is 72.4 Å². The van der Waals surface area contributed by atoms with Crippen molar-refractivity contribution in [2.45, 2.75) is 97.1 Å². The summed E-state index contributed by atoms with van der Waals surface area (Å²) in [6.07, 6.45) is 0.881. The Morgan fingerprint density at radius 1 is 0.911 bits per heavy atom. The van der Waals surface area contributed by atoms with E-state index in [-0.39, 0.29) is 25.5 Å². The highest BCUT2D eigenvalue weighted by atomic mass is 16.6. The lowest BCUT2D eigenvalue weighted by molar-refractivity contribution is -0.148. The smallest absolute Gasteiger partial charge is 0.410 e. The minimum Gasteiger partial charge on any atom is -0.467 e. The fourth-order valence-electron chi connectivity index (χ4n) is 6.33. The molecule has 0 radical (unpaired) electrons. The minimum absolute atomic E-state index is 0.132. The second kappa shape index (κ2) is 19.2. The van der Waals surface area contributed by atoms with E-state index in [9.17, 15) is 28.8 Å². The summed E-state index contributed by atoms with van der Waals surface area (Å²) in [6, 6.07) is 10.6. The number of carbonyl (C=O) groups excluding carboxylic acids is 6. The van der Waals surface area contributed by atoms with Crippen molar-refractivity contribution in [3.05, 3.63) is 65.9 Å². The number of hydrogen-bond acceptors (Lipinski definition) is 9. The molecule has 0 aliphatic heterocycles. The largest absolute Gasteiger partial charge is 0.467 e. The van der Waals surface area contributed by atoms with Crippen molar-refractivity contribution in [1.82, 2.24) is 25.4 Å². The van der Waals surface area contributed by atoms with Gasteiger partial charge in [-0.1, -0.05) is 58.0 Å². The van der Waals surface area contributed by atoms with Crippen LogP contribution >= 0.6 is 0 Å². The Kier molecular flexibility index (Phi) is 15.3. The monoisotopic (exact) mass is 779 g/mol. The first kappa shape index (κ1) is 44.6. The molecule has 1 heterocycles. The molecule has 0 bridgehead atoms. The Morgan fingerprint density at radius 3 is 2.14 bits per heavy atom. The third-order valence-corrected chi connectivity index (χ3v) is 9.18. The highest BCUT2D eigenvalue weighted by molar-refractivity contribution is 5.98. The van der Waals surface area contributed by atoms with Gasteiger partial charge >= 0.3 is 24.2 Å². The number of amides is 6. The molecule has 6 N–H and O–H groups in total. The molecule has 0 unspecified atom stereocenters. The topological polar surface area (TPSA) is 212 Å². The summed E-state index contributed by atoms with van der Waals surface area (Å²) < 4.78 is 18.1. The number of likely N-dealkylation sites (N-methyl/N-ethyl adjacent to an activating group) is 1. The van der Waals surface area contributed by atoms with Gasteiger partial charge in [-0.25, -0.2) is 19.2 Å². The first-order valence-corrected chi connectivity index (χ1v) is 18.4. The van der Waals surface area contributed by atoms with Gasteiger partial charge in [-0.2, -0.15) is 0 Å². The number of aromatic nitrogens is 1. The number of carbonyl (C=O) groups is 6. The molecule has 0 saturated carbocycles. The molecule has 1 aromatic heterocycles. The zero-order valence-corrected chi connectivity index (χ0v) is 34.0. The van der Waals surface area contributed by atoms with E-state index < -0.39 is 65.1 Å². The van der Waals surface area contributed by atoms with Crippen LogP contribution in [0.15, 0.2) is 54.7 Å². The summed E-state index contributed by atoms with van der Waals surface area (Å²) in [4.78, 5) is 78.3. The van der Waals surface area contributed by atoms with Crippen molar-refractivity contribution in [2.75, 3.05) is 26.0 Å². The van der Waals surface area contributed by atoms with E-state index in [2.05, 4.69) is 21.3 Å². The summed E-state index contributed by atoms with van der Waals surface area (Å²) in [5, 5.41) is 11.5. The maximum atomic E-state index is 13.5. The van der Waals surface area contributed by atoms with E-state index in [4.69, 9.17) is 19.9 Å². The van der Waals surface area contributed by atoms with Crippen LogP contribution in [-0.4, -0.2) is 89.9 Å². The van der Waals surface area contributed by atoms with Crippen LogP contribution in [0.5, 0.6) is 0 Å². The number of para-hydroxylation sites is 1. The van der Waals surface area contributed by atoms with E-state index in [1.54, 1.807) is 58.9 Å². The Morgan fingerprint density at radius 2 is 1.55 bits per heavy atom. The predicted octanol–water partition coefficient (Wildman–Crippen LogP) is 4.69. The molecule has 0 fully saturated rings. The SMILES string of the molecule is COC(=O)[C@@H](N(C)C(=O)OCc1ccc(NC(=O)[C@H](CCCNC(N)=O)NC(=O)[C@@H](NC(=O)OC(C)(C)C)C(C)C)cc1)C(C)(C)c1cn(C)c2ccccc12. The number of alkyl carbamates (subject to hydrolysis) is 1. The maximum absolute atomic E-state index is 13.5. The van der Waals surface area contributed by atoms with Gasteiger partial charge in [-0.15, -0.1) is 0 Å². The fraction of sp³-hybridized carbons (Fsp3) is 0.500. The predicted molar refractivity (Wildman–Crippen MR) is 212 cm³/mol. The molecule has 3 rings (SSSR count). The van der Waals surface area contributed by atoms with Gasteiger partial charge in [0.1, 0.15) is 30.3 Å². The lowest BCUT2D eigenvalue weighted by Crippen LogP contribution is -2.55. The number of rotatable bonds is 16. The van der Waals surface area contributed by atoms with Gasteiger partial charge in [0.05, 0.1) is 7.11 Å². The number of aryl methyl sites for hydroxylation is 1. The zero-order chi connectivity index (χ0) is 42.0. The number of ether oxygens (including phenoxy) is 3. The van der Waals surface area contributed by atoms with Crippen LogP contribution in [0.4, 0.5) is 20.1 Å². The molecule has 3 atom stereocenters. The number of nitrogens with zero attached hydrogens (tertiary/aromatic N) is 2. The van der Waals surface area contributed by atoms with Crippen LogP contribution in [0.2, 0.25) is 0 Å². The number of esters is 1. The van der Waals surface area contributed by atoms with E-state index in [1.165, 1.54) is 19.1 Å². The van der Waals surface area contributed by atoms with Crippen LogP contribution in [0, 0.1) is 5.92 Å². The lowest BCUT2D eigenvalue weighted by Gasteiger charge is -2.37. The number of anilines is 1. The third kappa shape index (κ3) is 12.1. The number of fused-ring (bicyclic) bond motifs is 1. The molecule has 3 aromatic rings. The van der Waals surface area contributed by atoms with Gasteiger partial charge in [-0.3, -0.25) is 14.5 Å².